The Morgan fingerprint density at radius 1 is 1.38 bits per heavy atom. The molecule has 2 rings (SSSR count). The van der Waals surface area contributed by atoms with Crippen molar-refractivity contribution < 1.29 is 8.42 Å². The number of hydrogen-bond acceptors (Lipinski definition) is 4. The lowest BCUT2D eigenvalue weighted by molar-refractivity contribution is 0.239. The summed E-state index contributed by atoms with van der Waals surface area (Å²) in [5, 5.41) is 9.15. The van der Waals surface area contributed by atoms with Crippen molar-refractivity contribution in [3.63, 3.8) is 0 Å². The highest BCUT2D eigenvalue weighted by Gasteiger charge is 2.32. The number of nitrogens with two attached hydrogens (primary N) is 1. The van der Waals surface area contributed by atoms with Gasteiger partial charge in [0.05, 0.1) is 5.56 Å². The SMILES string of the molecule is CC1CCCC(N(C)S(=O)(=O)c2ccc(N)cc2C#N)C1. The average Bonchev–Trinajstić information content (AvgIpc) is 2.45. The van der Waals surface area contributed by atoms with Gasteiger partial charge in [-0.1, -0.05) is 19.8 Å². The van der Waals surface area contributed by atoms with E-state index in [0.717, 1.165) is 25.7 Å². The molecule has 0 aliphatic heterocycles. The van der Waals surface area contributed by atoms with Crippen LogP contribution in [0.15, 0.2) is 23.1 Å². The van der Waals surface area contributed by atoms with Crippen LogP contribution in [0, 0.1) is 17.2 Å². The van der Waals surface area contributed by atoms with Crippen molar-refractivity contribution in [3.8, 4) is 6.07 Å². The molecule has 1 aromatic carbocycles. The van der Waals surface area contributed by atoms with Crippen molar-refractivity contribution in [2.24, 2.45) is 5.92 Å². The molecule has 0 bridgehead atoms. The Balaban J connectivity index is 2.36. The third kappa shape index (κ3) is 3.20. The van der Waals surface area contributed by atoms with E-state index in [9.17, 15) is 8.42 Å². The molecular weight excluding hydrogens is 286 g/mol. The van der Waals surface area contributed by atoms with Crippen LogP contribution in [0.4, 0.5) is 5.69 Å². The fraction of sp³-hybridized carbons (Fsp3) is 0.533. The summed E-state index contributed by atoms with van der Waals surface area (Å²) >= 11 is 0. The van der Waals surface area contributed by atoms with Gasteiger partial charge in [-0.2, -0.15) is 9.57 Å². The normalized spacial score (nSPS) is 23.0. The molecule has 0 aromatic heterocycles. The highest BCUT2D eigenvalue weighted by atomic mass is 32.2. The molecule has 1 aromatic rings. The number of nitrogens with zero attached hydrogens (tertiary/aromatic N) is 2. The largest absolute Gasteiger partial charge is 0.399 e. The third-order valence-electron chi connectivity index (χ3n) is 4.20. The van der Waals surface area contributed by atoms with Crippen LogP contribution in [0.1, 0.15) is 38.2 Å². The van der Waals surface area contributed by atoms with E-state index in [-0.39, 0.29) is 16.5 Å². The van der Waals surface area contributed by atoms with Gasteiger partial charge in [0.2, 0.25) is 10.0 Å². The van der Waals surface area contributed by atoms with E-state index >= 15 is 0 Å². The molecule has 114 valence electrons. The summed E-state index contributed by atoms with van der Waals surface area (Å²) < 4.78 is 27.0. The van der Waals surface area contributed by atoms with Gasteiger partial charge in [0.25, 0.3) is 0 Å². The van der Waals surface area contributed by atoms with Crippen molar-refractivity contribution in [1.82, 2.24) is 4.31 Å². The molecule has 5 nitrogen and oxygen atoms in total. The lowest BCUT2D eigenvalue weighted by atomic mass is 9.87. The van der Waals surface area contributed by atoms with Crippen molar-refractivity contribution in [2.75, 3.05) is 12.8 Å². The van der Waals surface area contributed by atoms with Gasteiger partial charge >= 0.3 is 0 Å². The first-order chi connectivity index (χ1) is 9.86. The summed E-state index contributed by atoms with van der Waals surface area (Å²) in [5.74, 6) is 0.531. The number of rotatable bonds is 3. The smallest absolute Gasteiger partial charge is 0.244 e. The molecule has 2 N–H and O–H groups in total. The lowest BCUT2D eigenvalue weighted by Gasteiger charge is -2.33. The summed E-state index contributed by atoms with van der Waals surface area (Å²) in [6, 6.07) is 6.27. The standard InChI is InChI=1S/C15H21N3O2S/c1-11-4-3-5-14(8-11)18(2)21(19,20)15-7-6-13(17)9-12(15)10-16/h6-7,9,11,14H,3-5,8,17H2,1-2H3. The van der Waals surface area contributed by atoms with Crippen molar-refractivity contribution >= 4 is 15.7 Å². The van der Waals surface area contributed by atoms with Crippen molar-refractivity contribution in [3.05, 3.63) is 23.8 Å². The molecule has 0 saturated heterocycles. The lowest BCUT2D eigenvalue weighted by Crippen LogP contribution is -2.40. The van der Waals surface area contributed by atoms with Gasteiger partial charge in [0, 0.05) is 18.8 Å². The van der Waals surface area contributed by atoms with Gasteiger partial charge in [-0.05, 0) is 37.0 Å². The number of benzene rings is 1. The molecule has 1 aliphatic carbocycles. The van der Waals surface area contributed by atoms with E-state index in [1.165, 1.54) is 22.5 Å². The van der Waals surface area contributed by atoms with Gasteiger partial charge in [-0.3, -0.25) is 0 Å². The molecule has 0 spiro atoms. The van der Waals surface area contributed by atoms with Crippen LogP contribution in [0.25, 0.3) is 0 Å². The third-order valence-corrected chi connectivity index (χ3v) is 6.17. The molecular formula is C15H21N3O2S. The second kappa shape index (κ2) is 6.04. The van der Waals surface area contributed by atoms with Crippen LogP contribution in [0.3, 0.4) is 0 Å². The summed E-state index contributed by atoms with van der Waals surface area (Å²) in [5.41, 5.74) is 6.11. The Kier molecular flexibility index (Phi) is 4.55. The van der Waals surface area contributed by atoms with E-state index in [0.29, 0.717) is 11.6 Å². The van der Waals surface area contributed by atoms with Crippen LogP contribution in [-0.4, -0.2) is 25.8 Å². The quantitative estimate of drug-likeness (QED) is 0.868. The van der Waals surface area contributed by atoms with E-state index in [1.54, 1.807) is 7.05 Å². The van der Waals surface area contributed by atoms with Crippen LogP contribution in [0.5, 0.6) is 0 Å². The van der Waals surface area contributed by atoms with E-state index in [2.05, 4.69) is 6.92 Å². The van der Waals surface area contributed by atoms with Gasteiger partial charge in [-0.25, -0.2) is 8.42 Å². The van der Waals surface area contributed by atoms with Crippen LogP contribution >= 0.6 is 0 Å². The molecule has 0 amide bonds. The first-order valence-corrected chi connectivity index (χ1v) is 8.58. The Morgan fingerprint density at radius 3 is 2.71 bits per heavy atom. The van der Waals surface area contributed by atoms with Crippen LogP contribution < -0.4 is 5.73 Å². The Labute approximate surface area is 126 Å². The molecule has 1 aliphatic rings. The van der Waals surface area contributed by atoms with Crippen LogP contribution in [-0.2, 0) is 10.0 Å². The average molecular weight is 307 g/mol. The monoisotopic (exact) mass is 307 g/mol. The minimum absolute atomic E-state index is 0.00264. The van der Waals surface area contributed by atoms with Gasteiger partial charge in [0.15, 0.2) is 0 Å². The molecule has 6 heteroatoms. The minimum Gasteiger partial charge on any atom is -0.399 e. The van der Waals surface area contributed by atoms with Gasteiger partial charge in [-0.15, -0.1) is 0 Å². The highest BCUT2D eigenvalue weighted by Crippen LogP contribution is 2.31. The first kappa shape index (κ1) is 15.8. The molecule has 0 heterocycles. The topological polar surface area (TPSA) is 87.2 Å². The molecule has 0 radical (unpaired) electrons. The van der Waals surface area contributed by atoms with Crippen molar-refractivity contribution in [1.29, 1.82) is 5.26 Å². The van der Waals surface area contributed by atoms with E-state index in [1.807, 2.05) is 6.07 Å². The van der Waals surface area contributed by atoms with E-state index < -0.39 is 10.0 Å². The summed E-state index contributed by atoms with van der Waals surface area (Å²) in [7, 11) is -2.06. The first-order valence-electron chi connectivity index (χ1n) is 7.14. The molecule has 21 heavy (non-hydrogen) atoms. The predicted octanol–water partition coefficient (Wildman–Crippen LogP) is 2.34. The fourth-order valence-electron chi connectivity index (χ4n) is 2.94. The maximum absolute atomic E-state index is 12.8. The molecule has 2 atom stereocenters. The zero-order valence-corrected chi connectivity index (χ0v) is 13.2. The molecule has 1 fully saturated rings. The maximum Gasteiger partial charge on any atom is 0.244 e. The predicted molar refractivity (Wildman–Crippen MR) is 81.9 cm³/mol. The number of anilines is 1. The number of sulfonamides is 1. The summed E-state index contributed by atoms with van der Waals surface area (Å²) in [6.07, 6.45) is 3.93. The number of nitriles is 1. The van der Waals surface area contributed by atoms with Gasteiger partial charge < -0.3 is 5.73 Å². The molecule has 1 saturated carbocycles. The van der Waals surface area contributed by atoms with Gasteiger partial charge in [0.1, 0.15) is 11.0 Å². The second-order valence-corrected chi connectivity index (χ2v) is 7.78. The Morgan fingerprint density at radius 2 is 2.10 bits per heavy atom. The Bertz CT molecular complexity index is 664. The van der Waals surface area contributed by atoms with E-state index in [4.69, 9.17) is 11.0 Å². The maximum atomic E-state index is 12.8. The van der Waals surface area contributed by atoms with Crippen LogP contribution in [0.2, 0.25) is 0 Å². The zero-order valence-electron chi connectivity index (χ0n) is 12.4. The number of nitrogen functional groups attached to an aromatic ring is 1. The summed E-state index contributed by atoms with van der Waals surface area (Å²) in [6.45, 7) is 2.15. The summed E-state index contributed by atoms with van der Waals surface area (Å²) in [4.78, 5) is 0.0416. The number of hydrogen-bond donors (Lipinski definition) is 1. The highest BCUT2D eigenvalue weighted by molar-refractivity contribution is 7.89. The zero-order chi connectivity index (χ0) is 15.6. The Hall–Kier alpha value is -1.58. The van der Waals surface area contributed by atoms with Crippen molar-refractivity contribution in [2.45, 2.75) is 43.5 Å². The fourth-order valence-corrected chi connectivity index (χ4v) is 4.46. The minimum atomic E-state index is -3.67. The molecule has 2 unspecified atom stereocenters. The second-order valence-electron chi connectivity index (χ2n) is 5.81.